The molecule has 0 bridgehead atoms. The number of nitrogens with one attached hydrogen (secondary N) is 1. The fourth-order valence-electron chi connectivity index (χ4n) is 3.85. The number of amides is 4. The average Bonchev–Trinajstić information content (AvgIpc) is 3.30. The van der Waals surface area contributed by atoms with E-state index < -0.39 is 5.92 Å². The van der Waals surface area contributed by atoms with Gasteiger partial charge in [-0.25, -0.2) is 0 Å². The Kier molecular flexibility index (Phi) is 6.93. The molecule has 0 radical (unpaired) electrons. The molecule has 2 aliphatic heterocycles. The Morgan fingerprint density at radius 3 is 2.55 bits per heavy atom. The van der Waals surface area contributed by atoms with Gasteiger partial charge in [0.05, 0.1) is 10.8 Å². The second kappa shape index (κ2) is 10.0. The van der Waals surface area contributed by atoms with Crippen LogP contribution in [0.4, 0.5) is 4.79 Å². The zero-order valence-corrected chi connectivity index (χ0v) is 19.1. The van der Waals surface area contributed by atoms with Crippen molar-refractivity contribution in [1.82, 2.24) is 15.1 Å². The summed E-state index contributed by atoms with van der Waals surface area (Å²) >= 11 is 0.901. The maximum absolute atomic E-state index is 12.6. The number of hydrogen-bond donors (Lipinski definition) is 1. The first-order chi connectivity index (χ1) is 15.9. The topological polar surface area (TPSA) is 86.8 Å². The van der Waals surface area contributed by atoms with Crippen LogP contribution in [0.1, 0.15) is 23.1 Å². The van der Waals surface area contributed by atoms with Gasteiger partial charge in [0.1, 0.15) is 0 Å². The number of benzene rings is 2. The van der Waals surface area contributed by atoms with E-state index in [0.29, 0.717) is 18.0 Å². The van der Waals surface area contributed by atoms with Crippen LogP contribution in [0, 0.1) is 12.8 Å². The number of likely N-dealkylation sites (tertiary alicyclic amines) is 1. The van der Waals surface area contributed by atoms with Gasteiger partial charge < -0.3 is 10.2 Å². The van der Waals surface area contributed by atoms with Gasteiger partial charge in [-0.3, -0.25) is 24.1 Å². The lowest BCUT2D eigenvalue weighted by Gasteiger charge is -2.17. The second-order valence-electron chi connectivity index (χ2n) is 8.20. The van der Waals surface area contributed by atoms with Gasteiger partial charge in [-0.05, 0) is 35.9 Å². The van der Waals surface area contributed by atoms with Crippen LogP contribution in [0.5, 0.6) is 0 Å². The molecular weight excluding hydrogens is 438 g/mol. The van der Waals surface area contributed by atoms with Crippen LogP contribution in [0.2, 0.25) is 0 Å². The fourth-order valence-corrected chi connectivity index (χ4v) is 4.71. The summed E-state index contributed by atoms with van der Waals surface area (Å²) in [5, 5.41) is 2.43. The van der Waals surface area contributed by atoms with E-state index in [2.05, 4.69) is 5.32 Å². The molecule has 0 saturated carbocycles. The molecule has 0 spiro atoms. The number of carbonyl (C=O) groups is 4. The van der Waals surface area contributed by atoms with Crippen LogP contribution in [0.15, 0.2) is 59.5 Å². The van der Waals surface area contributed by atoms with E-state index >= 15 is 0 Å². The Labute approximate surface area is 196 Å². The molecule has 2 saturated heterocycles. The van der Waals surface area contributed by atoms with Crippen LogP contribution in [-0.2, 0) is 20.9 Å². The Hall–Kier alpha value is -3.39. The van der Waals surface area contributed by atoms with Crippen LogP contribution >= 0.6 is 11.8 Å². The highest BCUT2D eigenvalue weighted by molar-refractivity contribution is 8.18. The van der Waals surface area contributed by atoms with Crippen molar-refractivity contribution in [2.45, 2.75) is 19.9 Å². The molecule has 0 aromatic heterocycles. The zero-order valence-electron chi connectivity index (χ0n) is 18.3. The SMILES string of the molecule is Cc1ccc(/C=C2\SC(=O)N(CCNC(=O)C3CC(=O)N(Cc4ccccc4)C3)C2=O)cc1. The summed E-state index contributed by atoms with van der Waals surface area (Å²) in [5.74, 6) is -1.07. The minimum Gasteiger partial charge on any atom is -0.354 e. The number of nitrogens with zero attached hydrogens (tertiary/aromatic N) is 2. The third-order valence-corrected chi connectivity index (χ3v) is 6.59. The number of aryl methyl sites for hydroxylation is 1. The number of hydrogen-bond acceptors (Lipinski definition) is 5. The smallest absolute Gasteiger partial charge is 0.293 e. The molecular formula is C25H25N3O4S. The molecule has 2 aromatic carbocycles. The van der Waals surface area contributed by atoms with E-state index in [4.69, 9.17) is 0 Å². The molecule has 7 nitrogen and oxygen atoms in total. The summed E-state index contributed by atoms with van der Waals surface area (Å²) in [4.78, 5) is 53.0. The summed E-state index contributed by atoms with van der Waals surface area (Å²) in [5.41, 5.74) is 2.98. The largest absolute Gasteiger partial charge is 0.354 e. The number of carbonyl (C=O) groups excluding carboxylic acids is 4. The normalized spacial score (nSPS) is 19.6. The molecule has 2 aliphatic rings. The summed E-state index contributed by atoms with van der Waals surface area (Å²) < 4.78 is 0. The van der Waals surface area contributed by atoms with Crippen molar-refractivity contribution in [3.8, 4) is 0 Å². The second-order valence-corrected chi connectivity index (χ2v) is 9.19. The standard InChI is InChI=1S/C25H25N3O4S/c1-17-7-9-18(10-8-17)13-21-24(31)28(25(32)33-21)12-11-26-23(30)20-14-22(29)27(16-20)15-19-5-3-2-4-6-19/h2-10,13,20H,11-12,14-16H2,1H3,(H,26,30)/b21-13-. The highest BCUT2D eigenvalue weighted by Gasteiger charge is 2.36. The lowest BCUT2D eigenvalue weighted by molar-refractivity contribution is -0.129. The molecule has 2 aromatic rings. The van der Waals surface area contributed by atoms with Gasteiger partial charge in [-0.1, -0.05) is 60.2 Å². The zero-order chi connectivity index (χ0) is 23.4. The Balaban J connectivity index is 1.27. The number of imide groups is 1. The van der Waals surface area contributed by atoms with Gasteiger partial charge in [0.2, 0.25) is 11.8 Å². The quantitative estimate of drug-likeness (QED) is 0.638. The first kappa shape index (κ1) is 22.8. The van der Waals surface area contributed by atoms with Gasteiger partial charge in [-0.2, -0.15) is 0 Å². The van der Waals surface area contributed by atoms with E-state index in [1.807, 2.05) is 61.5 Å². The van der Waals surface area contributed by atoms with E-state index in [1.165, 1.54) is 0 Å². The Bertz CT molecular complexity index is 1100. The minimum atomic E-state index is -0.433. The maximum atomic E-state index is 12.6. The molecule has 4 amide bonds. The maximum Gasteiger partial charge on any atom is 0.293 e. The van der Waals surface area contributed by atoms with Crippen molar-refractivity contribution >= 4 is 40.8 Å². The first-order valence-corrected chi connectivity index (χ1v) is 11.6. The predicted molar refractivity (Wildman–Crippen MR) is 127 cm³/mol. The third kappa shape index (κ3) is 5.51. The van der Waals surface area contributed by atoms with Crippen molar-refractivity contribution in [3.63, 3.8) is 0 Å². The summed E-state index contributed by atoms with van der Waals surface area (Å²) in [7, 11) is 0. The van der Waals surface area contributed by atoms with Gasteiger partial charge >= 0.3 is 0 Å². The summed E-state index contributed by atoms with van der Waals surface area (Å²) in [6, 6.07) is 17.3. The van der Waals surface area contributed by atoms with Crippen molar-refractivity contribution in [1.29, 1.82) is 0 Å². The number of rotatable bonds is 7. The van der Waals surface area contributed by atoms with Crippen molar-refractivity contribution in [2.24, 2.45) is 5.92 Å². The van der Waals surface area contributed by atoms with Gasteiger partial charge in [0.15, 0.2) is 0 Å². The van der Waals surface area contributed by atoms with Gasteiger partial charge in [0.25, 0.3) is 11.1 Å². The molecule has 1 atom stereocenters. The molecule has 1 N–H and O–H groups in total. The molecule has 4 rings (SSSR count). The highest BCUT2D eigenvalue weighted by Crippen LogP contribution is 2.32. The lowest BCUT2D eigenvalue weighted by Crippen LogP contribution is -2.40. The van der Waals surface area contributed by atoms with E-state index in [9.17, 15) is 19.2 Å². The summed E-state index contributed by atoms with van der Waals surface area (Å²) in [6.07, 6.45) is 1.87. The van der Waals surface area contributed by atoms with E-state index in [0.717, 1.165) is 33.4 Å². The Morgan fingerprint density at radius 1 is 1.09 bits per heavy atom. The molecule has 33 heavy (non-hydrogen) atoms. The number of thioether (sulfide) groups is 1. The Morgan fingerprint density at radius 2 is 1.82 bits per heavy atom. The van der Waals surface area contributed by atoms with Crippen LogP contribution < -0.4 is 5.32 Å². The molecule has 2 heterocycles. The molecule has 2 fully saturated rings. The third-order valence-electron chi connectivity index (χ3n) is 5.68. The molecule has 170 valence electrons. The van der Waals surface area contributed by atoms with E-state index in [1.54, 1.807) is 11.0 Å². The monoisotopic (exact) mass is 463 g/mol. The van der Waals surface area contributed by atoms with Crippen LogP contribution in [0.25, 0.3) is 6.08 Å². The molecule has 0 aliphatic carbocycles. The fraction of sp³-hybridized carbons (Fsp3) is 0.280. The average molecular weight is 464 g/mol. The van der Waals surface area contributed by atoms with Crippen molar-refractivity contribution < 1.29 is 19.2 Å². The highest BCUT2D eigenvalue weighted by atomic mass is 32.2. The van der Waals surface area contributed by atoms with Gasteiger partial charge in [-0.15, -0.1) is 0 Å². The van der Waals surface area contributed by atoms with Crippen LogP contribution in [-0.4, -0.2) is 52.4 Å². The molecule has 8 heteroatoms. The van der Waals surface area contributed by atoms with Gasteiger partial charge in [0, 0.05) is 32.6 Å². The predicted octanol–water partition coefficient (Wildman–Crippen LogP) is 3.20. The lowest BCUT2D eigenvalue weighted by atomic mass is 10.1. The van der Waals surface area contributed by atoms with E-state index in [-0.39, 0.29) is 42.5 Å². The molecule has 1 unspecified atom stereocenters. The van der Waals surface area contributed by atoms with Crippen molar-refractivity contribution in [3.05, 3.63) is 76.2 Å². The van der Waals surface area contributed by atoms with Crippen LogP contribution in [0.3, 0.4) is 0 Å². The first-order valence-electron chi connectivity index (χ1n) is 10.8. The summed E-state index contributed by atoms with van der Waals surface area (Å²) in [6.45, 7) is 3.07. The van der Waals surface area contributed by atoms with Crippen molar-refractivity contribution in [2.75, 3.05) is 19.6 Å². The minimum absolute atomic E-state index is 0.0498.